The second kappa shape index (κ2) is 6.94. The molecule has 0 fully saturated rings. The van der Waals surface area contributed by atoms with Crippen LogP contribution in [0.15, 0.2) is 23.4 Å². The Morgan fingerprint density at radius 1 is 1.58 bits per heavy atom. The van der Waals surface area contributed by atoms with E-state index in [4.69, 9.17) is 15.7 Å². The van der Waals surface area contributed by atoms with Crippen LogP contribution in [0, 0.1) is 5.82 Å². The number of oxime groups is 1. The number of benzene rings is 1. The van der Waals surface area contributed by atoms with Gasteiger partial charge in [-0.25, -0.2) is 4.39 Å². The normalized spacial score (nSPS) is 13.6. The lowest BCUT2D eigenvalue weighted by Crippen LogP contribution is -2.32. The van der Waals surface area contributed by atoms with Crippen LogP contribution in [0.25, 0.3) is 0 Å². The summed E-state index contributed by atoms with van der Waals surface area (Å²) in [6.07, 6.45) is 0.450. The lowest BCUT2D eigenvalue weighted by atomic mass is 10.1. The van der Waals surface area contributed by atoms with E-state index in [1.54, 1.807) is 6.07 Å². The Balaban J connectivity index is 2.66. The van der Waals surface area contributed by atoms with Gasteiger partial charge in [0.15, 0.2) is 11.6 Å². The fourth-order valence-corrected chi connectivity index (χ4v) is 1.75. The second-order valence-corrected chi connectivity index (χ2v) is 4.53. The van der Waals surface area contributed by atoms with Crippen molar-refractivity contribution in [3.8, 4) is 5.75 Å². The maximum absolute atomic E-state index is 13.6. The van der Waals surface area contributed by atoms with Crippen LogP contribution in [0.1, 0.15) is 18.9 Å². The molecular formula is C13H20FN3O2. The fraction of sp³-hybridized carbons (Fsp3) is 0.462. The molecule has 0 amide bonds. The van der Waals surface area contributed by atoms with Gasteiger partial charge in [-0.1, -0.05) is 11.2 Å². The summed E-state index contributed by atoms with van der Waals surface area (Å²) in [5.41, 5.74) is 6.30. The molecule has 1 unspecified atom stereocenters. The number of ether oxygens (including phenoxy) is 1. The lowest BCUT2D eigenvalue weighted by molar-refractivity contribution is 0.250. The maximum Gasteiger partial charge on any atom is 0.165 e. The van der Waals surface area contributed by atoms with Crippen molar-refractivity contribution < 1.29 is 14.3 Å². The zero-order valence-corrected chi connectivity index (χ0v) is 11.4. The first-order valence-electron chi connectivity index (χ1n) is 5.97. The maximum atomic E-state index is 13.6. The molecule has 19 heavy (non-hydrogen) atoms. The van der Waals surface area contributed by atoms with Gasteiger partial charge in [-0.3, -0.25) is 4.90 Å². The van der Waals surface area contributed by atoms with Gasteiger partial charge in [0.05, 0.1) is 7.11 Å². The van der Waals surface area contributed by atoms with Gasteiger partial charge in [0.25, 0.3) is 0 Å². The quantitative estimate of drug-likeness (QED) is 0.357. The molecule has 0 saturated carbocycles. The first-order valence-corrected chi connectivity index (χ1v) is 5.97. The summed E-state index contributed by atoms with van der Waals surface area (Å²) in [6.45, 7) is 2.53. The molecule has 0 aliphatic carbocycles. The van der Waals surface area contributed by atoms with Gasteiger partial charge in [0.2, 0.25) is 0 Å². The molecule has 0 aliphatic heterocycles. The van der Waals surface area contributed by atoms with Gasteiger partial charge in [0, 0.05) is 19.0 Å². The molecule has 106 valence electrons. The fourth-order valence-electron chi connectivity index (χ4n) is 1.75. The van der Waals surface area contributed by atoms with Crippen LogP contribution in [0.2, 0.25) is 0 Å². The third-order valence-corrected chi connectivity index (χ3v) is 3.03. The summed E-state index contributed by atoms with van der Waals surface area (Å²) in [4.78, 5) is 2.00. The first kappa shape index (κ1) is 15.2. The van der Waals surface area contributed by atoms with Crippen molar-refractivity contribution in [2.45, 2.75) is 25.9 Å². The number of hydrogen-bond acceptors (Lipinski definition) is 4. The molecule has 1 aromatic carbocycles. The Kier molecular flexibility index (Phi) is 5.57. The van der Waals surface area contributed by atoms with E-state index < -0.39 is 0 Å². The summed E-state index contributed by atoms with van der Waals surface area (Å²) < 4.78 is 18.4. The molecule has 0 spiro atoms. The molecule has 3 N–H and O–H groups in total. The molecule has 0 radical (unpaired) electrons. The Hall–Kier alpha value is -1.82. The highest BCUT2D eigenvalue weighted by Crippen LogP contribution is 2.19. The molecule has 1 rings (SSSR count). The standard InChI is InChI=1S/C13H20FN3O2/c1-9(6-13(15)16-18)17(2)8-10-4-5-12(19-3)11(14)7-10/h4-5,7,9,18H,6,8H2,1-3H3,(H2,15,16). The van der Waals surface area contributed by atoms with E-state index in [-0.39, 0.29) is 23.4 Å². The van der Waals surface area contributed by atoms with Gasteiger partial charge in [-0.05, 0) is 31.7 Å². The van der Waals surface area contributed by atoms with Gasteiger partial charge in [-0.2, -0.15) is 0 Å². The van der Waals surface area contributed by atoms with Crippen LogP contribution < -0.4 is 10.5 Å². The highest BCUT2D eigenvalue weighted by Gasteiger charge is 2.13. The second-order valence-electron chi connectivity index (χ2n) is 4.53. The van der Waals surface area contributed by atoms with Crippen LogP contribution in [0.5, 0.6) is 5.75 Å². The number of rotatable bonds is 6. The number of methoxy groups -OCH3 is 1. The summed E-state index contributed by atoms with van der Waals surface area (Å²) in [5.74, 6) is 0.0360. The predicted octanol–water partition coefficient (Wildman–Crippen LogP) is 1.79. The predicted molar refractivity (Wildman–Crippen MR) is 71.9 cm³/mol. The number of nitrogens with two attached hydrogens (primary N) is 1. The Bertz CT molecular complexity index is 452. The third kappa shape index (κ3) is 4.40. The first-order chi connectivity index (χ1) is 8.97. The zero-order valence-electron chi connectivity index (χ0n) is 11.4. The molecule has 0 bridgehead atoms. The van der Waals surface area contributed by atoms with E-state index in [1.807, 2.05) is 24.9 Å². The highest BCUT2D eigenvalue weighted by molar-refractivity contribution is 5.80. The van der Waals surface area contributed by atoms with Crippen LogP contribution in [0.4, 0.5) is 4.39 Å². The minimum atomic E-state index is -0.377. The summed E-state index contributed by atoms with van der Waals surface area (Å²) in [6, 6.07) is 4.95. The molecule has 0 heterocycles. The van der Waals surface area contributed by atoms with Crippen molar-refractivity contribution in [2.24, 2.45) is 10.9 Å². The monoisotopic (exact) mass is 269 g/mol. The number of hydrogen-bond donors (Lipinski definition) is 2. The van der Waals surface area contributed by atoms with Crippen LogP contribution in [0.3, 0.4) is 0 Å². The Morgan fingerprint density at radius 3 is 2.79 bits per heavy atom. The van der Waals surface area contributed by atoms with Crippen molar-refractivity contribution in [3.63, 3.8) is 0 Å². The van der Waals surface area contributed by atoms with E-state index in [0.29, 0.717) is 13.0 Å². The van der Waals surface area contributed by atoms with Crippen molar-refractivity contribution in [1.29, 1.82) is 0 Å². The number of halogens is 1. The van der Waals surface area contributed by atoms with E-state index in [2.05, 4.69) is 5.16 Å². The third-order valence-electron chi connectivity index (χ3n) is 3.03. The Labute approximate surface area is 112 Å². The molecule has 1 atom stereocenters. The van der Waals surface area contributed by atoms with Gasteiger partial charge < -0.3 is 15.7 Å². The van der Waals surface area contributed by atoms with Crippen LogP contribution in [-0.4, -0.2) is 36.1 Å². The lowest BCUT2D eigenvalue weighted by Gasteiger charge is -2.24. The van der Waals surface area contributed by atoms with Crippen LogP contribution in [-0.2, 0) is 6.54 Å². The van der Waals surface area contributed by atoms with Crippen molar-refractivity contribution in [2.75, 3.05) is 14.2 Å². The summed E-state index contributed by atoms with van der Waals surface area (Å²) >= 11 is 0. The molecule has 0 aliphatic rings. The smallest absolute Gasteiger partial charge is 0.165 e. The molecule has 0 aromatic heterocycles. The van der Waals surface area contributed by atoms with E-state index in [0.717, 1.165) is 5.56 Å². The van der Waals surface area contributed by atoms with Crippen molar-refractivity contribution in [1.82, 2.24) is 4.90 Å². The van der Waals surface area contributed by atoms with E-state index in [9.17, 15) is 4.39 Å². The largest absolute Gasteiger partial charge is 0.494 e. The van der Waals surface area contributed by atoms with Crippen molar-refractivity contribution in [3.05, 3.63) is 29.6 Å². The minimum absolute atomic E-state index is 0.0843. The van der Waals surface area contributed by atoms with E-state index >= 15 is 0 Å². The molecular weight excluding hydrogens is 249 g/mol. The van der Waals surface area contributed by atoms with Gasteiger partial charge in [-0.15, -0.1) is 0 Å². The number of nitrogens with zero attached hydrogens (tertiary/aromatic N) is 2. The van der Waals surface area contributed by atoms with Gasteiger partial charge in [0.1, 0.15) is 5.84 Å². The van der Waals surface area contributed by atoms with Gasteiger partial charge >= 0.3 is 0 Å². The average Bonchev–Trinajstić information content (AvgIpc) is 2.38. The summed E-state index contributed by atoms with van der Waals surface area (Å²) in [7, 11) is 3.33. The van der Waals surface area contributed by atoms with Crippen molar-refractivity contribution >= 4 is 5.84 Å². The topological polar surface area (TPSA) is 71.1 Å². The van der Waals surface area contributed by atoms with Crippen LogP contribution >= 0.6 is 0 Å². The highest BCUT2D eigenvalue weighted by atomic mass is 19.1. The minimum Gasteiger partial charge on any atom is -0.494 e. The zero-order chi connectivity index (χ0) is 14.4. The molecule has 5 nitrogen and oxygen atoms in total. The summed E-state index contributed by atoms with van der Waals surface area (Å²) in [5, 5.41) is 11.5. The molecule has 6 heteroatoms. The molecule has 0 saturated heterocycles. The molecule has 1 aromatic rings. The Morgan fingerprint density at radius 2 is 2.26 bits per heavy atom. The average molecular weight is 269 g/mol. The number of amidine groups is 1. The van der Waals surface area contributed by atoms with E-state index in [1.165, 1.54) is 13.2 Å². The SMILES string of the molecule is COc1ccc(CN(C)C(C)CC(N)=NO)cc1F.